The van der Waals surface area contributed by atoms with Crippen molar-refractivity contribution in [2.24, 2.45) is 23.7 Å². The minimum atomic E-state index is -0.218. The molecule has 1 aliphatic rings. The molecule has 2 aromatic carbocycles. The predicted molar refractivity (Wildman–Crippen MR) is 133 cm³/mol. The normalized spacial score (nSPS) is 23.2. The molecule has 32 heavy (non-hydrogen) atoms. The number of benzene rings is 2. The van der Waals surface area contributed by atoms with Crippen LogP contribution in [0.1, 0.15) is 86.9 Å². The second-order valence-corrected chi connectivity index (χ2v) is 9.37. The number of carbonyl (C=O) groups is 2. The van der Waals surface area contributed by atoms with Crippen LogP contribution in [0.15, 0.2) is 71.8 Å². The first-order chi connectivity index (χ1) is 15.5. The molecule has 3 rings (SSSR count). The summed E-state index contributed by atoms with van der Waals surface area (Å²) in [5.41, 5.74) is 4.22. The highest BCUT2D eigenvalue weighted by Crippen LogP contribution is 2.48. The van der Waals surface area contributed by atoms with Crippen molar-refractivity contribution in [2.75, 3.05) is 0 Å². The van der Waals surface area contributed by atoms with Gasteiger partial charge in [-0.25, -0.2) is 0 Å². The maximum Gasteiger partial charge on any atom is 0.170 e. The van der Waals surface area contributed by atoms with Crippen LogP contribution in [-0.2, 0) is 0 Å². The van der Waals surface area contributed by atoms with Crippen molar-refractivity contribution in [3.8, 4) is 0 Å². The molecule has 0 heterocycles. The van der Waals surface area contributed by atoms with Crippen LogP contribution in [-0.4, -0.2) is 11.6 Å². The fraction of sp³-hybridized carbons (Fsp3) is 0.467. The van der Waals surface area contributed by atoms with Gasteiger partial charge in [0.15, 0.2) is 11.6 Å². The van der Waals surface area contributed by atoms with Crippen LogP contribution in [0.4, 0.5) is 0 Å². The molecular weight excluding hydrogens is 392 g/mol. The number of carbonyl (C=O) groups excluding carboxylic acids is 2. The highest BCUT2D eigenvalue weighted by Gasteiger charge is 2.45. The van der Waals surface area contributed by atoms with Gasteiger partial charge < -0.3 is 0 Å². The molecule has 1 aliphatic carbocycles. The smallest absolute Gasteiger partial charge is 0.170 e. The number of ketones is 2. The summed E-state index contributed by atoms with van der Waals surface area (Å²) in [5.74, 6) is 0.103. The maximum absolute atomic E-state index is 13.9. The summed E-state index contributed by atoms with van der Waals surface area (Å²) in [6.45, 7) is 8.78. The summed E-state index contributed by atoms with van der Waals surface area (Å²) in [7, 11) is 0. The fourth-order valence-corrected chi connectivity index (χ4v) is 5.57. The van der Waals surface area contributed by atoms with E-state index in [1.165, 1.54) is 11.1 Å². The number of hydrogen-bond donors (Lipinski definition) is 0. The van der Waals surface area contributed by atoms with Crippen molar-refractivity contribution < 1.29 is 9.59 Å². The summed E-state index contributed by atoms with van der Waals surface area (Å²) >= 11 is 0. The topological polar surface area (TPSA) is 34.1 Å². The summed E-state index contributed by atoms with van der Waals surface area (Å²) in [6, 6.07) is 19.3. The van der Waals surface area contributed by atoms with Gasteiger partial charge in [0.2, 0.25) is 0 Å². The van der Waals surface area contributed by atoms with E-state index in [4.69, 9.17) is 0 Å². The molecule has 0 aliphatic heterocycles. The minimum absolute atomic E-state index is 0.0253. The molecule has 0 aromatic heterocycles. The summed E-state index contributed by atoms with van der Waals surface area (Å²) in [6.07, 6.45) is 6.34. The van der Waals surface area contributed by atoms with Crippen molar-refractivity contribution >= 4 is 11.6 Å². The molecule has 2 aromatic rings. The van der Waals surface area contributed by atoms with E-state index in [2.05, 4.69) is 27.7 Å². The molecule has 0 saturated heterocycles. The van der Waals surface area contributed by atoms with Gasteiger partial charge in [-0.15, -0.1) is 0 Å². The van der Waals surface area contributed by atoms with Crippen LogP contribution < -0.4 is 0 Å². The lowest BCUT2D eigenvalue weighted by molar-refractivity contribution is 0.0714. The van der Waals surface area contributed by atoms with Crippen LogP contribution >= 0.6 is 0 Å². The summed E-state index contributed by atoms with van der Waals surface area (Å²) in [4.78, 5) is 27.6. The first kappa shape index (κ1) is 24.2. The molecule has 0 saturated carbocycles. The summed E-state index contributed by atoms with van der Waals surface area (Å²) < 4.78 is 0. The third-order valence-corrected chi connectivity index (χ3v) is 7.27. The number of unbranched alkanes of at least 4 members (excludes halogenated alkanes) is 2. The Labute approximate surface area is 194 Å². The van der Waals surface area contributed by atoms with Gasteiger partial charge in [-0.3, -0.25) is 9.59 Å². The Hall–Kier alpha value is -2.48. The quantitative estimate of drug-likeness (QED) is 0.283. The molecule has 0 amide bonds. The van der Waals surface area contributed by atoms with E-state index in [0.29, 0.717) is 0 Å². The zero-order valence-electron chi connectivity index (χ0n) is 20.1. The zero-order valence-corrected chi connectivity index (χ0v) is 20.1. The minimum Gasteiger partial charge on any atom is -0.294 e. The molecule has 0 N–H and O–H groups in total. The second kappa shape index (κ2) is 11.4. The molecule has 0 bridgehead atoms. The van der Waals surface area contributed by atoms with E-state index in [-0.39, 0.29) is 35.2 Å². The maximum atomic E-state index is 13.9. The Morgan fingerprint density at radius 2 is 1.16 bits per heavy atom. The Bertz CT molecular complexity index is 926. The number of allylic oxidation sites excluding steroid dienone is 2. The average Bonchev–Trinajstić information content (AvgIpc) is 2.83. The Morgan fingerprint density at radius 1 is 0.688 bits per heavy atom. The lowest BCUT2D eigenvalue weighted by Crippen LogP contribution is -2.42. The first-order valence-electron chi connectivity index (χ1n) is 12.4. The number of Topliss-reactive ketones (excluding diaryl/α,β-unsaturated/α-hetero) is 2. The van der Waals surface area contributed by atoms with Gasteiger partial charge >= 0.3 is 0 Å². The van der Waals surface area contributed by atoms with E-state index >= 15 is 0 Å². The van der Waals surface area contributed by atoms with Gasteiger partial charge in [0.25, 0.3) is 0 Å². The van der Waals surface area contributed by atoms with E-state index in [1.807, 2.05) is 60.7 Å². The second-order valence-electron chi connectivity index (χ2n) is 9.37. The SMILES string of the molecule is CCCCC1=C(CCCC)[C@H](C)[C@H](C(=O)c2ccccc2)[C@H](C)[C@H]1C(=O)c1ccccc1. The highest BCUT2D eigenvalue weighted by molar-refractivity contribution is 6.02. The molecule has 2 heteroatoms. The van der Waals surface area contributed by atoms with Gasteiger partial charge in [0.1, 0.15) is 0 Å². The number of rotatable bonds is 10. The standard InChI is InChI=1S/C30H38O2/c1-5-7-19-25-21(3)27(29(31)23-15-11-9-12-16-23)22(4)28(26(25)20-8-6-2)30(32)24-17-13-10-14-18-24/h9-18,21-22,27-28H,5-8,19-20H2,1-4H3/t21-,22-,27-,28+/m0/s1. The summed E-state index contributed by atoms with van der Waals surface area (Å²) in [5, 5.41) is 0. The average molecular weight is 431 g/mol. The Morgan fingerprint density at radius 3 is 1.66 bits per heavy atom. The van der Waals surface area contributed by atoms with Crippen molar-refractivity contribution in [1.82, 2.24) is 0 Å². The molecule has 4 atom stereocenters. The molecule has 0 spiro atoms. The van der Waals surface area contributed by atoms with Crippen molar-refractivity contribution in [3.63, 3.8) is 0 Å². The lowest BCUT2D eigenvalue weighted by atomic mass is 9.60. The van der Waals surface area contributed by atoms with Crippen molar-refractivity contribution in [2.45, 2.75) is 66.2 Å². The van der Waals surface area contributed by atoms with E-state index in [1.54, 1.807) is 0 Å². The molecule has 0 fully saturated rings. The third kappa shape index (κ3) is 5.11. The highest BCUT2D eigenvalue weighted by atomic mass is 16.1. The van der Waals surface area contributed by atoms with Gasteiger partial charge in [-0.2, -0.15) is 0 Å². The van der Waals surface area contributed by atoms with Crippen LogP contribution in [0.5, 0.6) is 0 Å². The van der Waals surface area contributed by atoms with Gasteiger partial charge in [-0.05, 0) is 37.5 Å². The third-order valence-electron chi connectivity index (χ3n) is 7.27. The van der Waals surface area contributed by atoms with E-state index < -0.39 is 0 Å². The van der Waals surface area contributed by atoms with Crippen molar-refractivity contribution in [1.29, 1.82) is 0 Å². The Balaban J connectivity index is 2.11. The van der Waals surface area contributed by atoms with Gasteiger partial charge in [0, 0.05) is 23.0 Å². The number of hydrogen-bond acceptors (Lipinski definition) is 2. The van der Waals surface area contributed by atoms with Gasteiger partial charge in [-0.1, -0.05) is 112 Å². The van der Waals surface area contributed by atoms with Crippen molar-refractivity contribution in [3.05, 3.63) is 82.9 Å². The lowest BCUT2D eigenvalue weighted by Gasteiger charge is -2.43. The van der Waals surface area contributed by atoms with Crippen LogP contribution in [0.2, 0.25) is 0 Å². The van der Waals surface area contributed by atoms with E-state index in [9.17, 15) is 9.59 Å². The van der Waals surface area contributed by atoms with Crippen LogP contribution in [0, 0.1) is 23.7 Å². The molecule has 0 radical (unpaired) electrons. The van der Waals surface area contributed by atoms with E-state index in [0.717, 1.165) is 49.7 Å². The molecule has 170 valence electrons. The molecular formula is C30H38O2. The first-order valence-corrected chi connectivity index (χ1v) is 12.4. The predicted octanol–water partition coefficient (Wildman–Crippen LogP) is 7.95. The fourth-order valence-electron chi connectivity index (χ4n) is 5.57. The molecule has 0 unspecified atom stereocenters. The zero-order chi connectivity index (χ0) is 23.1. The molecule has 2 nitrogen and oxygen atoms in total. The van der Waals surface area contributed by atoms with Crippen LogP contribution in [0.25, 0.3) is 0 Å². The largest absolute Gasteiger partial charge is 0.294 e. The van der Waals surface area contributed by atoms with Crippen LogP contribution in [0.3, 0.4) is 0 Å². The monoisotopic (exact) mass is 430 g/mol. The Kier molecular flexibility index (Phi) is 8.61. The van der Waals surface area contributed by atoms with Gasteiger partial charge in [0.05, 0.1) is 0 Å².